The third kappa shape index (κ3) is 4.77. The van der Waals surface area contributed by atoms with E-state index in [4.69, 9.17) is 16.2 Å². The van der Waals surface area contributed by atoms with E-state index in [2.05, 4.69) is 31.1 Å². The van der Waals surface area contributed by atoms with Crippen LogP contribution in [0.15, 0.2) is 42.7 Å². The largest absolute Gasteiger partial charge is 0.328 e. The van der Waals surface area contributed by atoms with Crippen molar-refractivity contribution in [2.75, 3.05) is 16.8 Å². The summed E-state index contributed by atoms with van der Waals surface area (Å²) in [6.45, 7) is 0.457. The lowest BCUT2D eigenvalue weighted by Gasteiger charge is -2.24. The molecule has 2 atom stereocenters. The molecule has 0 bridgehead atoms. The average Bonchev–Trinajstić information content (AvgIpc) is 3.26. The normalized spacial score (nSPS) is 19.2. The van der Waals surface area contributed by atoms with E-state index in [-0.39, 0.29) is 18.2 Å². The van der Waals surface area contributed by atoms with Gasteiger partial charge in [-0.1, -0.05) is 11.6 Å². The maximum atomic E-state index is 13.2. The number of nitrogens with zero attached hydrogens (tertiary/aromatic N) is 6. The predicted octanol–water partition coefficient (Wildman–Crippen LogP) is 1.10. The zero-order valence-corrected chi connectivity index (χ0v) is 19.4. The van der Waals surface area contributed by atoms with Crippen LogP contribution in [0, 0.1) is 11.5 Å². The van der Waals surface area contributed by atoms with Crippen molar-refractivity contribution in [3.8, 4) is 0 Å². The molecule has 7 N–H and O–H groups in total. The van der Waals surface area contributed by atoms with Crippen molar-refractivity contribution in [2.45, 2.75) is 43.7 Å². The van der Waals surface area contributed by atoms with Gasteiger partial charge in [-0.3, -0.25) is 9.89 Å². The summed E-state index contributed by atoms with van der Waals surface area (Å²) in [5.74, 6) is 1.64. The van der Waals surface area contributed by atoms with Crippen molar-refractivity contribution < 1.29 is 14.7 Å². The van der Waals surface area contributed by atoms with Gasteiger partial charge in [0.1, 0.15) is 5.52 Å². The number of nitrogens with one attached hydrogen (secondary N) is 3. The van der Waals surface area contributed by atoms with E-state index in [9.17, 15) is 9.18 Å². The Morgan fingerprint density at radius 2 is 2.14 bits per heavy atom. The molecule has 0 amide bonds. The molecule has 186 valence electrons. The summed E-state index contributed by atoms with van der Waals surface area (Å²) in [5.41, 5.74) is 17.8. The van der Waals surface area contributed by atoms with Gasteiger partial charge in [0.05, 0.1) is 6.04 Å². The second kappa shape index (κ2) is 9.77. The van der Waals surface area contributed by atoms with E-state index in [0.717, 1.165) is 11.2 Å². The third-order valence-electron chi connectivity index (χ3n) is 6.37. The molecule has 36 heavy (non-hydrogen) atoms. The number of fused-ring (bicyclic) bond motifs is 1. The van der Waals surface area contributed by atoms with Crippen molar-refractivity contribution in [1.29, 1.82) is 5.53 Å². The van der Waals surface area contributed by atoms with Crippen LogP contribution in [0.1, 0.15) is 36.4 Å². The number of ketones is 1. The molecule has 0 spiro atoms. The zero-order valence-electron chi connectivity index (χ0n) is 19.4. The Labute approximate surface area is 205 Å². The fraction of sp³-hybridized carbons (Fsp3) is 0.348. The van der Waals surface area contributed by atoms with Gasteiger partial charge in [-0.25, -0.2) is 9.50 Å². The fourth-order valence-corrected chi connectivity index (χ4v) is 4.49. The van der Waals surface area contributed by atoms with E-state index in [1.54, 1.807) is 10.6 Å². The summed E-state index contributed by atoms with van der Waals surface area (Å²) in [7, 11) is 0. The number of rotatable bonds is 7. The number of H-pyrrole nitrogens is 1. The number of nitrogens with two attached hydrogens (primary N) is 2. The van der Waals surface area contributed by atoms with Gasteiger partial charge in [-0.05, 0) is 43.0 Å². The van der Waals surface area contributed by atoms with Crippen LogP contribution in [0.25, 0.3) is 5.52 Å². The van der Waals surface area contributed by atoms with Crippen molar-refractivity contribution in [2.24, 2.45) is 5.73 Å². The van der Waals surface area contributed by atoms with E-state index >= 15 is 0 Å². The summed E-state index contributed by atoms with van der Waals surface area (Å²) in [5, 5.41) is 15.4. The highest BCUT2D eigenvalue weighted by atomic mass is 19.1. The molecule has 1 saturated carbocycles. The minimum absolute atomic E-state index is 0.0338. The molecule has 1 saturated heterocycles. The maximum Gasteiger partial charge on any atom is 0.246 e. The first-order chi connectivity index (χ1) is 17.5. The Morgan fingerprint density at radius 3 is 2.89 bits per heavy atom. The number of aromatic amines is 1. The van der Waals surface area contributed by atoms with Gasteiger partial charge in [-0.15, -0.1) is 5.10 Å². The van der Waals surface area contributed by atoms with E-state index in [0.29, 0.717) is 42.0 Å². The Kier molecular flexibility index (Phi) is 6.38. The molecule has 1 aliphatic carbocycles. The second-order valence-corrected chi connectivity index (χ2v) is 9.00. The fourth-order valence-electron chi connectivity index (χ4n) is 4.49. The van der Waals surface area contributed by atoms with Gasteiger partial charge in [0.2, 0.25) is 11.9 Å². The average molecular weight is 493 g/mol. The van der Waals surface area contributed by atoms with Crippen LogP contribution in [0.4, 0.5) is 22.0 Å². The van der Waals surface area contributed by atoms with E-state index in [1.807, 2.05) is 29.3 Å². The highest BCUT2D eigenvalue weighted by Crippen LogP contribution is 2.39. The molecular formula is C23H27FN11O+. The first-order valence-corrected chi connectivity index (χ1v) is 11.7. The highest BCUT2D eigenvalue weighted by Gasteiger charge is 2.37. The summed E-state index contributed by atoms with van der Waals surface area (Å²) in [6.07, 6.45) is 6.21. The molecule has 1 aliphatic heterocycles. The van der Waals surface area contributed by atoms with Crippen molar-refractivity contribution in [3.05, 3.63) is 59.9 Å². The number of pyridine rings is 1. The van der Waals surface area contributed by atoms with E-state index < -0.39 is 12.0 Å². The highest BCUT2D eigenvalue weighted by molar-refractivity contribution is 5.89. The van der Waals surface area contributed by atoms with Gasteiger partial charge >= 0.3 is 0 Å². The van der Waals surface area contributed by atoms with Gasteiger partial charge in [0.15, 0.2) is 17.4 Å². The molecule has 0 radical (unpaired) electrons. The van der Waals surface area contributed by atoms with Crippen molar-refractivity contribution in [3.63, 3.8) is 0 Å². The number of anilines is 3. The number of hydrogen-bond acceptors (Lipinski definition) is 9. The van der Waals surface area contributed by atoms with Crippen molar-refractivity contribution >= 4 is 28.9 Å². The standard InChI is InChI=1S/C23H24FN9O.H2N2/c24-20-6-3-13(11-26-20)8-19(34)18-9-15(25)12-32(18)23-28-22(17-2-1-7-33(17)31-23)27-21-10-16(29-30-21)14-4-5-14;1-2/h1-3,6-7,10-11,14-15,18H,4-5,8-9,12,25H2,(H2,27,28,29,30,31);1-2H/p+1/t15-,18-;/m0./s1. The molecule has 6 rings (SSSR count). The van der Waals surface area contributed by atoms with Crippen LogP contribution >= 0.6 is 0 Å². The Morgan fingerprint density at radius 1 is 1.31 bits per heavy atom. The smallest absolute Gasteiger partial charge is 0.246 e. The Balaban J connectivity index is 0.00000130. The summed E-state index contributed by atoms with van der Waals surface area (Å²) in [6, 6.07) is 7.98. The number of aromatic nitrogens is 6. The van der Waals surface area contributed by atoms with Crippen LogP contribution in [0.5, 0.6) is 0 Å². The lowest BCUT2D eigenvalue weighted by molar-refractivity contribution is -0.249. The third-order valence-corrected chi connectivity index (χ3v) is 6.37. The summed E-state index contributed by atoms with van der Waals surface area (Å²) >= 11 is 0. The number of Topliss-reactive ketones (excluding diaryl/α,β-unsaturated/α-hetero) is 1. The van der Waals surface area contributed by atoms with Crippen LogP contribution in [-0.4, -0.2) is 54.2 Å². The number of halogens is 1. The molecule has 2 aliphatic rings. The molecule has 5 heterocycles. The summed E-state index contributed by atoms with van der Waals surface area (Å²) < 4.78 is 14.9. The Bertz CT molecular complexity index is 1360. The van der Waals surface area contributed by atoms with Crippen LogP contribution in [0.2, 0.25) is 0 Å². The van der Waals surface area contributed by atoms with Crippen LogP contribution < -0.4 is 21.5 Å². The monoisotopic (exact) mass is 492 g/mol. The number of carbonyl (C=O) groups excluding carboxylic acids is 1. The Hall–Kier alpha value is -4.26. The van der Waals surface area contributed by atoms with Crippen LogP contribution in [0.3, 0.4) is 0 Å². The summed E-state index contributed by atoms with van der Waals surface area (Å²) in [4.78, 5) is 23.4. The topological polar surface area (TPSA) is 180 Å². The van der Waals surface area contributed by atoms with Crippen molar-refractivity contribution in [1.82, 2.24) is 29.8 Å². The molecule has 4 aromatic heterocycles. The predicted molar refractivity (Wildman–Crippen MR) is 128 cm³/mol. The SMILES string of the molecule is N=[NH2+].N[C@H]1C[C@@H](C(=O)Cc2ccc(F)nc2)N(c2nc(Nc3cc(C4CC4)[nH]n3)c3cccn3n2)C1. The van der Waals surface area contributed by atoms with E-state index in [1.165, 1.54) is 25.1 Å². The van der Waals surface area contributed by atoms with Gasteiger partial charge in [0, 0.05) is 49.1 Å². The second-order valence-electron chi connectivity index (χ2n) is 9.00. The zero-order chi connectivity index (χ0) is 25.2. The molecule has 4 aromatic rings. The first-order valence-electron chi connectivity index (χ1n) is 11.7. The van der Waals surface area contributed by atoms with Gasteiger partial charge < -0.3 is 16.0 Å². The number of hydrogen-bond donors (Lipinski definition) is 5. The molecule has 0 unspecified atom stereocenters. The lowest BCUT2D eigenvalue weighted by atomic mass is 10.0. The first kappa shape index (κ1) is 23.5. The number of carbonyl (C=O) groups is 1. The maximum absolute atomic E-state index is 13.2. The lowest BCUT2D eigenvalue weighted by Crippen LogP contribution is -2.38. The molecule has 13 heteroatoms. The van der Waals surface area contributed by atoms with Gasteiger partial charge in [0.25, 0.3) is 0 Å². The van der Waals surface area contributed by atoms with Crippen LogP contribution in [-0.2, 0) is 11.2 Å². The molecular weight excluding hydrogens is 465 g/mol. The minimum Gasteiger partial charge on any atom is -0.328 e. The molecule has 2 fully saturated rings. The quantitative estimate of drug-likeness (QED) is 0.188. The molecule has 0 aromatic carbocycles. The minimum atomic E-state index is -0.574. The van der Waals surface area contributed by atoms with Gasteiger partial charge in [-0.2, -0.15) is 20.0 Å². The molecule has 12 nitrogen and oxygen atoms in total.